The van der Waals surface area contributed by atoms with Crippen molar-refractivity contribution in [1.29, 1.82) is 0 Å². The van der Waals surface area contributed by atoms with Gasteiger partial charge in [-0.15, -0.1) is 0 Å². The van der Waals surface area contributed by atoms with Crippen LogP contribution >= 0.6 is 0 Å². The molecule has 4 fully saturated rings. The lowest BCUT2D eigenvalue weighted by Crippen LogP contribution is -2.52. The molecule has 0 aromatic rings. The fraction of sp³-hybridized carbons (Fsp3) is 1.00. The first kappa shape index (κ1) is 9.21. The first-order valence-corrected chi connectivity index (χ1v) is 6.42. The van der Waals surface area contributed by atoms with Gasteiger partial charge in [0.25, 0.3) is 0 Å². The molecular formula is C13H23N. The summed E-state index contributed by atoms with van der Waals surface area (Å²) in [5.41, 5.74) is 6.42. The Hall–Kier alpha value is -0.0400. The van der Waals surface area contributed by atoms with Gasteiger partial charge in [0.05, 0.1) is 0 Å². The molecule has 2 N–H and O–H groups in total. The van der Waals surface area contributed by atoms with Gasteiger partial charge in [-0.2, -0.15) is 0 Å². The molecule has 0 atom stereocenters. The van der Waals surface area contributed by atoms with Crippen molar-refractivity contribution in [3.05, 3.63) is 0 Å². The van der Waals surface area contributed by atoms with E-state index in [9.17, 15) is 0 Å². The van der Waals surface area contributed by atoms with Gasteiger partial charge < -0.3 is 5.73 Å². The number of rotatable bonds is 2. The van der Waals surface area contributed by atoms with Crippen molar-refractivity contribution in [1.82, 2.24) is 0 Å². The summed E-state index contributed by atoms with van der Waals surface area (Å²) in [5.74, 6) is 4.26. The highest BCUT2D eigenvalue weighted by Crippen LogP contribution is 2.63. The largest absolute Gasteiger partial charge is 0.330 e. The maximum Gasteiger partial charge on any atom is -0.00719 e. The summed E-state index contributed by atoms with van der Waals surface area (Å²) in [6.07, 6.45) is 8.97. The summed E-state index contributed by atoms with van der Waals surface area (Å²) in [5, 5.41) is 0. The Kier molecular flexibility index (Phi) is 1.96. The van der Waals surface area contributed by atoms with E-state index in [2.05, 4.69) is 6.92 Å². The van der Waals surface area contributed by atoms with Crippen LogP contribution in [-0.2, 0) is 0 Å². The minimum atomic E-state index is 0.627. The molecule has 0 aromatic heterocycles. The zero-order chi connectivity index (χ0) is 9.76. The van der Waals surface area contributed by atoms with Crippen LogP contribution in [0.25, 0.3) is 0 Å². The molecule has 0 spiro atoms. The topological polar surface area (TPSA) is 26.0 Å². The highest BCUT2D eigenvalue weighted by molar-refractivity contribution is 5.04. The van der Waals surface area contributed by atoms with Crippen LogP contribution in [0.3, 0.4) is 0 Å². The van der Waals surface area contributed by atoms with E-state index in [1.165, 1.54) is 32.1 Å². The number of hydrogen-bond donors (Lipinski definition) is 1. The molecule has 0 aliphatic heterocycles. The molecule has 0 heterocycles. The van der Waals surface area contributed by atoms with E-state index in [4.69, 9.17) is 5.73 Å². The molecule has 0 saturated heterocycles. The molecule has 4 aliphatic rings. The van der Waals surface area contributed by atoms with Gasteiger partial charge in [-0.3, -0.25) is 0 Å². The molecular weight excluding hydrogens is 170 g/mol. The van der Waals surface area contributed by atoms with Gasteiger partial charge in [-0.05, 0) is 74.2 Å². The Balaban J connectivity index is 1.87. The van der Waals surface area contributed by atoms with Crippen LogP contribution < -0.4 is 5.73 Å². The predicted octanol–water partition coefficient (Wildman–Crippen LogP) is 2.80. The zero-order valence-corrected chi connectivity index (χ0v) is 9.34. The Labute approximate surface area is 87.4 Å². The van der Waals surface area contributed by atoms with Crippen molar-refractivity contribution < 1.29 is 0 Å². The molecule has 4 rings (SSSR count). The van der Waals surface area contributed by atoms with Crippen molar-refractivity contribution in [3.8, 4) is 0 Å². The Morgan fingerprint density at radius 1 is 1.00 bits per heavy atom. The maximum absolute atomic E-state index is 5.79. The monoisotopic (exact) mass is 193 g/mol. The fourth-order valence-corrected chi connectivity index (χ4v) is 4.98. The molecule has 4 saturated carbocycles. The van der Waals surface area contributed by atoms with Gasteiger partial charge in [0.15, 0.2) is 0 Å². The van der Waals surface area contributed by atoms with E-state index in [0.717, 1.165) is 30.2 Å². The summed E-state index contributed by atoms with van der Waals surface area (Å²) >= 11 is 0. The fourth-order valence-electron chi connectivity index (χ4n) is 4.98. The first-order chi connectivity index (χ1) is 6.72. The SMILES string of the molecule is CC1(CCN)C2CC3CC(C2)CC1C3. The van der Waals surface area contributed by atoms with Gasteiger partial charge in [0.2, 0.25) is 0 Å². The van der Waals surface area contributed by atoms with Crippen molar-refractivity contribution in [2.24, 2.45) is 34.8 Å². The normalized spacial score (nSPS) is 55.3. The van der Waals surface area contributed by atoms with Gasteiger partial charge in [-0.1, -0.05) is 6.92 Å². The van der Waals surface area contributed by atoms with Crippen LogP contribution in [0.2, 0.25) is 0 Å². The third-order valence-corrected chi connectivity index (χ3v) is 5.69. The lowest BCUT2D eigenvalue weighted by atomic mass is 9.45. The maximum atomic E-state index is 5.79. The third kappa shape index (κ3) is 1.11. The molecule has 1 nitrogen and oxygen atoms in total. The van der Waals surface area contributed by atoms with E-state index in [-0.39, 0.29) is 0 Å². The number of nitrogens with two attached hydrogens (primary N) is 1. The van der Waals surface area contributed by atoms with Gasteiger partial charge >= 0.3 is 0 Å². The van der Waals surface area contributed by atoms with Crippen LogP contribution in [0.4, 0.5) is 0 Å². The smallest absolute Gasteiger partial charge is 0.00719 e. The van der Waals surface area contributed by atoms with Crippen LogP contribution in [0.15, 0.2) is 0 Å². The van der Waals surface area contributed by atoms with Crippen molar-refractivity contribution in [2.45, 2.75) is 45.4 Å². The van der Waals surface area contributed by atoms with E-state index in [1.807, 2.05) is 0 Å². The summed E-state index contributed by atoms with van der Waals surface area (Å²) in [6.45, 7) is 3.44. The van der Waals surface area contributed by atoms with Crippen LogP contribution in [0.5, 0.6) is 0 Å². The summed E-state index contributed by atoms with van der Waals surface area (Å²) in [7, 11) is 0. The van der Waals surface area contributed by atoms with Crippen molar-refractivity contribution >= 4 is 0 Å². The standard InChI is InChI=1S/C13H23N/c1-13(2-3-14)11-5-9-4-10(7-11)8-12(13)6-9/h9-12H,2-8,14H2,1H3. The van der Waals surface area contributed by atoms with Crippen molar-refractivity contribution in [2.75, 3.05) is 6.54 Å². The Bertz CT molecular complexity index is 205. The molecule has 80 valence electrons. The lowest BCUT2D eigenvalue weighted by Gasteiger charge is -2.60. The molecule has 4 bridgehead atoms. The molecule has 0 radical (unpaired) electrons. The minimum Gasteiger partial charge on any atom is -0.330 e. The second-order valence-electron chi connectivity index (χ2n) is 6.35. The minimum absolute atomic E-state index is 0.627. The molecule has 0 aromatic carbocycles. The summed E-state index contributed by atoms with van der Waals surface area (Å²) < 4.78 is 0. The molecule has 14 heavy (non-hydrogen) atoms. The van der Waals surface area contributed by atoms with Gasteiger partial charge in [0.1, 0.15) is 0 Å². The Morgan fingerprint density at radius 3 is 1.93 bits per heavy atom. The quantitative estimate of drug-likeness (QED) is 0.717. The van der Waals surface area contributed by atoms with E-state index >= 15 is 0 Å². The first-order valence-electron chi connectivity index (χ1n) is 6.42. The van der Waals surface area contributed by atoms with Crippen LogP contribution in [0.1, 0.15) is 45.4 Å². The number of hydrogen-bond acceptors (Lipinski definition) is 1. The average Bonchev–Trinajstić information content (AvgIpc) is 2.14. The summed E-state index contributed by atoms with van der Waals surface area (Å²) in [4.78, 5) is 0. The van der Waals surface area contributed by atoms with E-state index in [0.29, 0.717) is 5.41 Å². The zero-order valence-electron chi connectivity index (χ0n) is 9.34. The van der Waals surface area contributed by atoms with E-state index < -0.39 is 0 Å². The van der Waals surface area contributed by atoms with Crippen LogP contribution in [0, 0.1) is 29.1 Å². The molecule has 4 aliphatic carbocycles. The molecule has 0 unspecified atom stereocenters. The molecule has 1 heteroatoms. The second-order valence-corrected chi connectivity index (χ2v) is 6.35. The van der Waals surface area contributed by atoms with Crippen LogP contribution in [-0.4, -0.2) is 6.54 Å². The van der Waals surface area contributed by atoms with Gasteiger partial charge in [0, 0.05) is 0 Å². The highest BCUT2D eigenvalue weighted by atomic mass is 14.6. The summed E-state index contributed by atoms with van der Waals surface area (Å²) in [6, 6.07) is 0. The average molecular weight is 193 g/mol. The van der Waals surface area contributed by atoms with Crippen molar-refractivity contribution in [3.63, 3.8) is 0 Å². The molecule has 0 amide bonds. The predicted molar refractivity (Wildman–Crippen MR) is 58.8 cm³/mol. The Morgan fingerprint density at radius 2 is 1.50 bits per heavy atom. The van der Waals surface area contributed by atoms with Gasteiger partial charge in [-0.25, -0.2) is 0 Å². The lowest BCUT2D eigenvalue weighted by molar-refractivity contribution is -0.101. The van der Waals surface area contributed by atoms with E-state index in [1.54, 1.807) is 6.42 Å². The third-order valence-electron chi connectivity index (χ3n) is 5.69. The highest BCUT2D eigenvalue weighted by Gasteiger charge is 2.53. The second kappa shape index (κ2) is 2.98.